The Hall–Kier alpha value is -2.80. The monoisotopic (exact) mass is 398 g/mol. The molecule has 0 N–H and O–H groups in total. The minimum atomic E-state index is 0.0475. The van der Waals surface area contributed by atoms with E-state index in [1.54, 1.807) is 20.3 Å². The van der Waals surface area contributed by atoms with Crippen molar-refractivity contribution in [3.8, 4) is 11.5 Å². The standard InChI is InChI=1S/C22H30N4O3/c1-16-20(17(2)24(3)23-16)7-9-22(27)26-12-10-25(11-13-26)15-18-14-19(28-4)6-8-21(18)29-5/h6-9,14H,10-13,15H2,1-5H3/b9-7+. The van der Waals surface area contributed by atoms with Gasteiger partial charge in [-0.25, -0.2) is 0 Å². The first-order valence-corrected chi connectivity index (χ1v) is 9.83. The highest BCUT2D eigenvalue weighted by atomic mass is 16.5. The lowest BCUT2D eigenvalue weighted by atomic mass is 10.1. The summed E-state index contributed by atoms with van der Waals surface area (Å²) in [5, 5.41) is 4.39. The predicted molar refractivity (Wildman–Crippen MR) is 113 cm³/mol. The molecule has 29 heavy (non-hydrogen) atoms. The molecule has 0 saturated carbocycles. The Morgan fingerprint density at radius 1 is 1.14 bits per heavy atom. The molecule has 1 aliphatic rings. The third-order valence-electron chi connectivity index (χ3n) is 5.52. The van der Waals surface area contributed by atoms with E-state index in [4.69, 9.17) is 9.47 Å². The number of rotatable bonds is 6. The molecule has 2 heterocycles. The Morgan fingerprint density at radius 3 is 2.45 bits per heavy atom. The number of aromatic nitrogens is 2. The lowest BCUT2D eigenvalue weighted by Gasteiger charge is -2.34. The van der Waals surface area contributed by atoms with Crippen LogP contribution in [-0.4, -0.2) is 65.9 Å². The zero-order valence-electron chi connectivity index (χ0n) is 17.9. The molecule has 0 radical (unpaired) electrons. The number of nitrogens with zero attached hydrogens (tertiary/aromatic N) is 4. The fraction of sp³-hybridized carbons (Fsp3) is 0.455. The van der Waals surface area contributed by atoms with Gasteiger partial charge in [0, 0.05) is 62.7 Å². The molecule has 0 atom stereocenters. The third kappa shape index (κ3) is 4.79. The summed E-state index contributed by atoms with van der Waals surface area (Å²) >= 11 is 0. The van der Waals surface area contributed by atoms with Crippen molar-refractivity contribution in [2.75, 3.05) is 40.4 Å². The van der Waals surface area contributed by atoms with Crippen LogP contribution in [0, 0.1) is 13.8 Å². The van der Waals surface area contributed by atoms with Gasteiger partial charge in [0.2, 0.25) is 5.91 Å². The minimum absolute atomic E-state index is 0.0475. The fourth-order valence-electron chi connectivity index (χ4n) is 3.66. The van der Waals surface area contributed by atoms with Crippen LogP contribution in [0.3, 0.4) is 0 Å². The van der Waals surface area contributed by atoms with Gasteiger partial charge in [0.25, 0.3) is 0 Å². The van der Waals surface area contributed by atoms with Crippen molar-refractivity contribution < 1.29 is 14.3 Å². The quantitative estimate of drug-likeness (QED) is 0.700. The van der Waals surface area contributed by atoms with E-state index in [0.717, 1.165) is 53.6 Å². The van der Waals surface area contributed by atoms with Gasteiger partial charge in [-0.1, -0.05) is 0 Å². The summed E-state index contributed by atoms with van der Waals surface area (Å²) in [6, 6.07) is 5.84. The topological polar surface area (TPSA) is 59.8 Å². The van der Waals surface area contributed by atoms with Crippen LogP contribution in [0.25, 0.3) is 6.08 Å². The van der Waals surface area contributed by atoms with Crippen LogP contribution >= 0.6 is 0 Å². The van der Waals surface area contributed by atoms with Gasteiger partial charge in [0.1, 0.15) is 11.5 Å². The number of benzene rings is 1. The van der Waals surface area contributed by atoms with Gasteiger partial charge in [0.15, 0.2) is 0 Å². The molecule has 1 aromatic carbocycles. The summed E-state index contributed by atoms with van der Waals surface area (Å²) in [5.74, 6) is 1.72. The largest absolute Gasteiger partial charge is 0.497 e. The molecule has 7 heteroatoms. The van der Waals surface area contributed by atoms with Gasteiger partial charge in [-0.15, -0.1) is 0 Å². The highest BCUT2D eigenvalue weighted by Gasteiger charge is 2.21. The number of carbonyl (C=O) groups is 1. The van der Waals surface area contributed by atoms with E-state index >= 15 is 0 Å². The van der Waals surface area contributed by atoms with Crippen LogP contribution in [-0.2, 0) is 18.4 Å². The summed E-state index contributed by atoms with van der Waals surface area (Å²) in [6.07, 6.45) is 3.55. The third-order valence-corrected chi connectivity index (χ3v) is 5.52. The normalized spacial score (nSPS) is 15.1. The van der Waals surface area contributed by atoms with Gasteiger partial charge < -0.3 is 14.4 Å². The van der Waals surface area contributed by atoms with Crippen molar-refractivity contribution in [3.05, 3.63) is 46.8 Å². The van der Waals surface area contributed by atoms with Crippen molar-refractivity contribution in [2.45, 2.75) is 20.4 Å². The van der Waals surface area contributed by atoms with Crippen LogP contribution < -0.4 is 9.47 Å². The molecule has 0 unspecified atom stereocenters. The Morgan fingerprint density at radius 2 is 1.86 bits per heavy atom. The zero-order valence-corrected chi connectivity index (χ0v) is 17.9. The maximum absolute atomic E-state index is 12.6. The summed E-state index contributed by atoms with van der Waals surface area (Å²) < 4.78 is 12.6. The molecule has 1 aromatic heterocycles. The van der Waals surface area contributed by atoms with E-state index in [2.05, 4.69) is 10.00 Å². The second kappa shape index (κ2) is 9.13. The molecule has 7 nitrogen and oxygen atoms in total. The highest BCUT2D eigenvalue weighted by molar-refractivity contribution is 5.92. The molecule has 3 rings (SSSR count). The lowest BCUT2D eigenvalue weighted by Crippen LogP contribution is -2.47. The Labute approximate surface area is 172 Å². The van der Waals surface area contributed by atoms with Crippen molar-refractivity contribution >= 4 is 12.0 Å². The van der Waals surface area contributed by atoms with Crippen molar-refractivity contribution in [2.24, 2.45) is 7.05 Å². The first-order chi connectivity index (χ1) is 13.9. The van der Waals surface area contributed by atoms with Gasteiger partial charge in [-0.2, -0.15) is 5.10 Å². The Kier molecular flexibility index (Phi) is 6.59. The maximum atomic E-state index is 12.6. The van der Waals surface area contributed by atoms with Crippen LogP contribution in [0.2, 0.25) is 0 Å². The molecular formula is C22H30N4O3. The van der Waals surface area contributed by atoms with E-state index in [-0.39, 0.29) is 5.91 Å². The molecule has 156 valence electrons. The smallest absolute Gasteiger partial charge is 0.246 e. The number of hydrogen-bond donors (Lipinski definition) is 0. The summed E-state index contributed by atoms with van der Waals surface area (Å²) in [4.78, 5) is 16.8. The van der Waals surface area contributed by atoms with Crippen LogP contribution in [0.15, 0.2) is 24.3 Å². The Bertz CT molecular complexity index is 896. The Balaban J connectivity index is 1.58. The predicted octanol–water partition coefficient (Wildman–Crippen LogP) is 2.41. The molecular weight excluding hydrogens is 368 g/mol. The zero-order chi connectivity index (χ0) is 21.0. The minimum Gasteiger partial charge on any atom is -0.497 e. The first kappa shape index (κ1) is 20.9. The number of amides is 1. The molecule has 2 aromatic rings. The summed E-state index contributed by atoms with van der Waals surface area (Å²) in [6.45, 7) is 7.81. The number of hydrogen-bond acceptors (Lipinski definition) is 5. The molecule has 1 saturated heterocycles. The second-order valence-corrected chi connectivity index (χ2v) is 7.32. The van der Waals surface area contributed by atoms with E-state index in [0.29, 0.717) is 13.1 Å². The van der Waals surface area contributed by atoms with E-state index in [1.165, 1.54) is 0 Å². The molecule has 1 aliphatic heterocycles. The van der Waals surface area contributed by atoms with Crippen molar-refractivity contribution in [3.63, 3.8) is 0 Å². The van der Waals surface area contributed by atoms with Gasteiger partial charge >= 0.3 is 0 Å². The highest BCUT2D eigenvalue weighted by Crippen LogP contribution is 2.25. The fourth-order valence-corrected chi connectivity index (χ4v) is 3.66. The van der Waals surface area contributed by atoms with Gasteiger partial charge in [0.05, 0.1) is 19.9 Å². The molecule has 0 bridgehead atoms. The number of methoxy groups -OCH3 is 2. The van der Waals surface area contributed by atoms with Crippen LogP contribution in [0.5, 0.6) is 11.5 Å². The second-order valence-electron chi connectivity index (χ2n) is 7.32. The molecule has 1 fully saturated rings. The van der Waals surface area contributed by atoms with Gasteiger partial charge in [-0.3, -0.25) is 14.4 Å². The summed E-state index contributed by atoms with van der Waals surface area (Å²) in [5.41, 5.74) is 4.10. The van der Waals surface area contributed by atoms with E-state index < -0.39 is 0 Å². The van der Waals surface area contributed by atoms with E-state index in [9.17, 15) is 4.79 Å². The molecule has 0 aliphatic carbocycles. The first-order valence-electron chi connectivity index (χ1n) is 9.83. The number of carbonyl (C=O) groups excluding carboxylic acids is 1. The van der Waals surface area contributed by atoms with Crippen LogP contribution in [0.1, 0.15) is 22.5 Å². The average molecular weight is 399 g/mol. The maximum Gasteiger partial charge on any atom is 0.246 e. The number of piperazine rings is 1. The average Bonchev–Trinajstić information content (AvgIpc) is 2.97. The SMILES string of the molecule is COc1ccc(OC)c(CN2CCN(C(=O)/C=C/c3c(C)nn(C)c3C)CC2)c1. The number of ether oxygens (including phenoxy) is 2. The molecule has 1 amide bonds. The van der Waals surface area contributed by atoms with Crippen molar-refractivity contribution in [1.82, 2.24) is 19.6 Å². The van der Waals surface area contributed by atoms with Crippen molar-refractivity contribution in [1.29, 1.82) is 0 Å². The number of aryl methyl sites for hydroxylation is 2. The van der Waals surface area contributed by atoms with Crippen LogP contribution in [0.4, 0.5) is 0 Å². The molecule has 0 spiro atoms. The summed E-state index contributed by atoms with van der Waals surface area (Å²) in [7, 11) is 5.26. The lowest BCUT2D eigenvalue weighted by molar-refractivity contribution is -0.127. The van der Waals surface area contributed by atoms with E-state index in [1.807, 2.05) is 54.8 Å². The van der Waals surface area contributed by atoms with Gasteiger partial charge in [-0.05, 0) is 38.1 Å².